The minimum absolute atomic E-state index is 0.581. The second-order valence-corrected chi connectivity index (χ2v) is 9.83. The molecule has 30 heavy (non-hydrogen) atoms. The lowest BCUT2D eigenvalue weighted by atomic mass is 9.68. The lowest BCUT2D eigenvalue weighted by molar-refractivity contribution is 0.140. The number of hydrogen-bond acceptors (Lipinski definition) is 0. The van der Waals surface area contributed by atoms with Gasteiger partial charge in [0.25, 0.3) is 0 Å². The Morgan fingerprint density at radius 1 is 0.767 bits per heavy atom. The molecule has 0 N–H and O–H groups in total. The third kappa shape index (κ3) is 6.89. The normalized spacial score (nSPS) is 27.6. The molecule has 2 fully saturated rings. The molecule has 0 heterocycles. The highest BCUT2D eigenvalue weighted by Gasteiger charge is 2.30. The number of benzene rings is 1. The fourth-order valence-electron chi connectivity index (χ4n) is 5.88. The van der Waals surface area contributed by atoms with Crippen LogP contribution in [0.4, 0.5) is 13.2 Å². The van der Waals surface area contributed by atoms with Crippen molar-refractivity contribution in [2.24, 2.45) is 23.7 Å². The van der Waals surface area contributed by atoms with Crippen LogP contribution in [0.5, 0.6) is 0 Å². The van der Waals surface area contributed by atoms with Crippen LogP contribution in [0.25, 0.3) is 0 Å². The number of halogens is 3. The first-order valence-corrected chi connectivity index (χ1v) is 12.3. The van der Waals surface area contributed by atoms with Gasteiger partial charge in [0.05, 0.1) is 0 Å². The van der Waals surface area contributed by atoms with Crippen molar-refractivity contribution in [3.63, 3.8) is 0 Å². The predicted octanol–water partition coefficient (Wildman–Crippen LogP) is 8.79. The zero-order chi connectivity index (χ0) is 21.3. The molecule has 0 unspecified atom stereocenters. The summed E-state index contributed by atoms with van der Waals surface area (Å²) in [5.74, 6) is -0.0828. The van der Waals surface area contributed by atoms with Crippen LogP contribution >= 0.6 is 0 Å². The van der Waals surface area contributed by atoms with Crippen molar-refractivity contribution >= 4 is 0 Å². The largest absolute Gasteiger partial charge is 0.204 e. The minimum Gasteiger partial charge on any atom is -0.204 e. The second kappa shape index (κ2) is 12.0. The number of aryl methyl sites for hydroxylation is 1. The summed E-state index contributed by atoms with van der Waals surface area (Å²) in [5, 5.41) is 0. The highest BCUT2D eigenvalue weighted by Crippen LogP contribution is 2.43. The molecule has 0 bridgehead atoms. The average Bonchev–Trinajstić information content (AvgIpc) is 2.76. The van der Waals surface area contributed by atoms with Gasteiger partial charge in [-0.25, -0.2) is 13.2 Å². The Labute approximate surface area is 181 Å². The first-order chi connectivity index (χ1) is 14.6. The molecule has 3 rings (SSSR count). The Bertz CT molecular complexity index is 642. The Hall–Kier alpha value is -1.25. The van der Waals surface area contributed by atoms with E-state index >= 15 is 0 Å². The van der Waals surface area contributed by atoms with Gasteiger partial charge in [-0.15, -0.1) is 0 Å². The van der Waals surface area contributed by atoms with Crippen LogP contribution in [-0.2, 0) is 6.42 Å². The summed E-state index contributed by atoms with van der Waals surface area (Å²) in [5.41, 5.74) is 0.581. The van der Waals surface area contributed by atoms with E-state index in [0.29, 0.717) is 17.9 Å². The Morgan fingerprint density at radius 2 is 1.30 bits per heavy atom. The van der Waals surface area contributed by atoms with Crippen LogP contribution in [-0.4, -0.2) is 0 Å². The number of allylic oxidation sites excluding steroid dienone is 2. The molecule has 0 atom stereocenters. The zero-order valence-electron chi connectivity index (χ0n) is 18.7. The highest BCUT2D eigenvalue weighted by molar-refractivity contribution is 5.19. The standard InChI is InChI=1S/C27H39F3/c1-2-3-4-5-6-7-20-10-14-23(15-11-20)24-16-12-21(13-17-24)8-9-22-18-25(28)27(30)26(29)19-22/h2-3,18-21,23-24H,4-17H2,1H3/b3-2+. The van der Waals surface area contributed by atoms with E-state index in [1.54, 1.807) is 0 Å². The van der Waals surface area contributed by atoms with E-state index in [1.165, 1.54) is 77.0 Å². The van der Waals surface area contributed by atoms with E-state index < -0.39 is 17.5 Å². The number of hydrogen-bond donors (Lipinski definition) is 0. The molecule has 1 aromatic carbocycles. The van der Waals surface area contributed by atoms with E-state index in [9.17, 15) is 13.2 Å². The molecule has 168 valence electrons. The molecule has 2 aliphatic rings. The van der Waals surface area contributed by atoms with Crippen molar-refractivity contribution in [1.29, 1.82) is 0 Å². The molecule has 0 aliphatic heterocycles. The molecule has 2 saturated carbocycles. The SMILES string of the molecule is C/C=C/CCCCC1CCC(C2CCC(CCc3cc(F)c(F)c(F)c3)CC2)CC1. The molecule has 0 nitrogen and oxygen atoms in total. The molecule has 0 saturated heterocycles. The first kappa shape index (κ1) is 23.4. The Morgan fingerprint density at radius 3 is 1.83 bits per heavy atom. The summed E-state index contributed by atoms with van der Waals surface area (Å²) in [4.78, 5) is 0. The number of rotatable bonds is 9. The summed E-state index contributed by atoms with van der Waals surface area (Å²) in [6.45, 7) is 2.10. The minimum atomic E-state index is -1.36. The van der Waals surface area contributed by atoms with Crippen molar-refractivity contribution in [3.05, 3.63) is 47.3 Å². The molecule has 0 amide bonds. The maximum Gasteiger partial charge on any atom is 0.194 e. The smallest absolute Gasteiger partial charge is 0.194 e. The van der Waals surface area contributed by atoms with Gasteiger partial charge in [0, 0.05) is 0 Å². The van der Waals surface area contributed by atoms with Crippen molar-refractivity contribution < 1.29 is 13.2 Å². The lowest BCUT2D eigenvalue weighted by Crippen LogP contribution is -2.26. The maximum atomic E-state index is 13.4. The van der Waals surface area contributed by atoms with E-state index in [-0.39, 0.29) is 0 Å². The number of unbranched alkanes of at least 4 members (excludes halogenated alkanes) is 2. The molecule has 0 spiro atoms. The molecule has 0 radical (unpaired) electrons. The van der Waals surface area contributed by atoms with Gasteiger partial charge in [-0.2, -0.15) is 0 Å². The van der Waals surface area contributed by atoms with E-state index in [4.69, 9.17) is 0 Å². The van der Waals surface area contributed by atoms with Gasteiger partial charge in [0.2, 0.25) is 0 Å². The van der Waals surface area contributed by atoms with Crippen LogP contribution < -0.4 is 0 Å². The second-order valence-electron chi connectivity index (χ2n) is 9.83. The van der Waals surface area contributed by atoms with E-state index in [2.05, 4.69) is 19.1 Å². The predicted molar refractivity (Wildman–Crippen MR) is 119 cm³/mol. The van der Waals surface area contributed by atoms with Crippen molar-refractivity contribution in [2.45, 2.75) is 96.8 Å². The van der Waals surface area contributed by atoms with Crippen LogP contribution in [0.2, 0.25) is 0 Å². The van der Waals surface area contributed by atoms with Crippen LogP contribution in [0.15, 0.2) is 24.3 Å². The molecule has 3 heteroatoms. The fourth-order valence-corrected chi connectivity index (χ4v) is 5.88. The molecule has 1 aromatic rings. The van der Waals surface area contributed by atoms with Crippen LogP contribution in [0, 0.1) is 41.1 Å². The highest BCUT2D eigenvalue weighted by atomic mass is 19.2. The monoisotopic (exact) mass is 420 g/mol. The van der Waals surface area contributed by atoms with Crippen molar-refractivity contribution in [3.8, 4) is 0 Å². The van der Waals surface area contributed by atoms with Gasteiger partial charge in [-0.05, 0) is 99.7 Å². The molecular formula is C27H39F3. The summed E-state index contributed by atoms with van der Waals surface area (Å²) in [7, 11) is 0. The van der Waals surface area contributed by atoms with Gasteiger partial charge in [0.15, 0.2) is 17.5 Å². The summed E-state index contributed by atoms with van der Waals surface area (Å²) in [6.07, 6.45) is 22.2. The third-order valence-electron chi connectivity index (χ3n) is 7.80. The van der Waals surface area contributed by atoms with Crippen LogP contribution in [0.1, 0.15) is 96.0 Å². The van der Waals surface area contributed by atoms with Gasteiger partial charge in [-0.1, -0.05) is 50.7 Å². The Kier molecular flexibility index (Phi) is 9.33. The summed E-state index contributed by atoms with van der Waals surface area (Å²) < 4.78 is 39.9. The molecule has 2 aliphatic carbocycles. The Balaban J connectivity index is 1.32. The van der Waals surface area contributed by atoms with E-state index in [1.807, 2.05) is 0 Å². The zero-order valence-corrected chi connectivity index (χ0v) is 18.7. The van der Waals surface area contributed by atoms with E-state index in [0.717, 1.165) is 36.3 Å². The fraction of sp³-hybridized carbons (Fsp3) is 0.704. The van der Waals surface area contributed by atoms with Gasteiger partial charge in [-0.3, -0.25) is 0 Å². The molecule has 0 aromatic heterocycles. The topological polar surface area (TPSA) is 0 Å². The van der Waals surface area contributed by atoms with Gasteiger partial charge < -0.3 is 0 Å². The quantitative estimate of drug-likeness (QED) is 0.213. The first-order valence-electron chi connectivity index (χ1n) is 12.3. The molecular weight excluding hydrogens is 381 g/mol. The summed E-state index contributed by atoms with van der Waals surface area (Å²) >= 11 is 0. The van der Waals surface area contributed by atoms with Crippen LogP contribution in [0.3, 0.4) is 0 Å². The lowest BCUT2D eigenvalue weighted by Gasteiger charge is -2.38. The van der Waals surface area contributed by atoms with Gasteiger partial charge >= 0.3 is 0 Å². The maximum absolute atomic E-state index is 13.4. The van der Waals surface area contributed by atoms with Crippen molar-refractivity contribution in [2.75, 3.05) is 0 Å². The third-order valence-corrected chi connectivity index (χ3v) is 7.80. The van der Waals surface area contributed by atoms with Gasteiger partial charge in [0.1, 0.15) is 0 Å². The summed E-state index contributed by atoms with van der Waals surface area (Å²) in [6, 6.07) is 2.31. The van der Waals surface area contributed by atoms with Crippen molar-refractivity contribution in [1.82, 2.24) is 0 Å². The average molecular weight is 421 g/mol.